The number of hydrogen-bond acceptors (Lipinski definition) is 4. The molecule has 0 aliphatic carbocycles. The lowest BCUT2D eigenvalue weighted by atomic mass is 10.1. The molecule has 6 nitrogen and oxygen atoms in total. The molecule has 1 heterocycles. The van der Waals surface area contributed by atoms with Gasteiger partial charge in [-0.25, -0.2) is 0 Å². The van der Waals surface area contributed by atoms with Crippen LogP contribution in [0, 0.1) is 0 Å². The topological polar surface area (TPSA) is 61.9 Å². The zero-order chi connectivity index (χ0) is 18.5. The molecule has 3 rings (SSSR count). The zero-order valence-electron chi connectivity index (χ0n) is 15.1. The summed E-state index contributed by atoms with van der Waals surface area (Å²) in [6, 6.07) is 15.0. The third-order valence-corrected chi connectivity index (χ3v) is 4.16. The highest BCUT2D eigenvalue weighted by Gasteiger charge is 2.25. The van der Waals surface area contributed by atoms with Gasteiger partial charge in [0.05, 0.1) is 12.1 Å². The summed E-state index contributed by atoms with van der Waals surface area (Å²) < 4.78 is 5.51. The van der Waals surface area contributed by atoms with Crippen LogP contribution in [0.15, 0.2) is 48.5 Å². The summed E-state index contributed by atoms with van der Waals surface area (Å²) >= 11 is 0. The number of carbonyl (C=O) groups is 2. The zero-order valence-corrected chi connectivity index (χ0v) is 15.1. The third kappa shape index (κ3) is 4.40. The number of benzene rings is 2. The number of likely N-dealkylation sites (N-methyl/N-ethyl adjacent to an activating group) is 1. The van der Waals surface area contributed by atoms with E-state index in [-0.39, 0.29) is 18.4 Å². The summed E-state index contributed by atoms with van der Waals surface area (Å²) in [6.45, 7) is 1.36. The normalized spacial score (nSPS) is 13.3. The minimum absolute atomic E-state index is 0.0418. The van der Waals surface area contributed by atoms with Crippen molar-refractivity contribution in [3.8, 4) is 5.75 Å². The summed E-state index contributed by atoms with van der Waals surface area (Å²) in [5.74, 6) is 0.482. The van der Waals surface area contributed by atoms with E-state index in [1.807, 2.05) is 49.3 Å². The van der Waals surface area contributed by atoms with Crippen molar-refractivity contribution in [1.82, 2.24) is 4.90 Å². The highest BCUT2D eigenvalue weighted by atomic mass is 16.5. The van der Waals surface area contributed by atoms with E-state index in [0.717, 1.165) is 12.1 Å². The lowest BCUT2D eigenvalue weighted by Gasteiger charge is -2.30. The van der Waals surface area contributed by atoms with E-state index in [0.29, 0.717) is 30.1 Å². The molecule has 0 bridgehead atoms. The third-order valence-electron chi connectivity index (χ3n) is 4.16. The maximum Gasteiger partial charge on any atom is 0.265 e. The number of anilines is 2. The maximum absolute atomic E-state index is 12.3. The molecule has 2 amide bonds. The van der Waals surface area contributed by atoms with Gasteiger partial charge in [0, 0.05) is 18.8 Å². The molecule has 2 aromatic rings. The molecule has 1 aliphatic heterocycles. The average molecular weight is 353 g/mol. The smallest absolute Gasteiger partial charge is 0.265 e. The number of amides is 2. The van der Waals surface area contributed by atoms with Crippen LogP contribution in [0.3, 0.4) is 0 Å². The second-order valence-corrected chi connectivity index (χ2v) is 6.53. The Morgan fingerprint density at radius 2 is 1.96 bits per heavy atom. The lowest BCUT2D eigenvalue weighted by Crippen LogP contribution is -2.42. The molecule has 0 spiro atoms. The predicted octanol–water partition coefficient (Wildman–Crippen LogP) is 2.15. The van der Waals surface area contributed by atoms with Gasteiger partial charge in [0.2, 0.25) is 5.91 Å². The van der Waals surface area contributed by atoms with Crippen molar-refractivity contribution >= 4 is 23.2 Å². The van der Waals surface area contributed by atoms with Gasteiger partial charge in [-0.15, -0.1) is 0 Å². The standard InChI is InChI=1S/C20H23N3O3/c1-22(2)10-11-23-17-13-16(8-9-18(17)26-14-20(23)25)21-19(24)12-15-6-4-3-5-7-15/h3-9,13H,10-12,14H2,1-2H3,(H,21,24). The van der Waals surface area contributed by atoms with Crippen molar-refractivity contribution in [1.29, 1.82) is 0 Å². The largest absolute Gasteiger partial charge is 0.482 e. The Hall–Kier alpha value is -2.86. The number of carbonyl (C=O) groups excluding carboxylic acids is 2. The van der Waals surface area contributed by atoms with Gasteiger partial charge in [0.25, 0.3) is 5.91 Å². The first-order valence-electron chi connectivity index (χ1n) is 8.58. The quantitative estimate of drug-likeness (QED) is 0.864. The Morgan fingerprint density at radius 1 is 1.19 bits per heavy atom. The molecule has 0 atom stereocenters. The van der Waals surface area contributed by atoms with Gasteiger partial charge in [-0.3, -0.25) is 9.59 Å². The Balaban J connectivity index is 1.74. The van der Waals surface area contributed by atoms with Crippen LogP contribution in [0.5, 0.6) is 5.75 Å². The average Bonchev–Trinajstić information content (AvgIpc) is 2.61. The molecule has 0 unspecified atom stereocenters. The minimum atomic E-state index is -0.0981. The lowest BCUT2D eigenvalue weighted by molar-refractivity contribution is -0.121. The van der Waals surface area contributed by atoms with Crippen LogP contribution in [0.1, 0.15) is 5.56 Å². The Bertz CT molecular complexity index is 790. The fraction of sp³-hybridized carbons (Fsp3) is 0.300. The number of ether oxygens (including phenoxy) is 1. The van der Waals surface area contributed by atoms with Gasteiger partial charge < -0.3 is 19.9 Å². The van der Waals surface area contributed by atoms with Crippen molar-refractivity contribution < 1.29 is 14.3 Å². The van der Waals surface area contributed by atoms with Gasteiger partial charge in [-0.2, -0.15) is 0 Å². The number of rotatable bonds is 6. The number of hydrogen-bond donors (Lipinski definition) is 1. The van der Waals surface area contributed by atoms with Crippen LogP contribution in [-0.2, 0) is 16.0 Å². The molecule has 0 saturated heterocycles. The predicted molar refractivity (Wildman–Crippen MR) is 102 cm³/mol. The van der Waals surface area contributed by atoms with Crippen molar-refractivity contribution in [2.75, 3.05) is 44.0 Å². The van der Waals surface area contributed by atoms with Gasteiger partial charge in [0.15, 0.2) is 6.61 Å². The van der Waals surface area contributed by atoms with E-state index >= 15 is 0 Å². The van der Waals surface area contributed by atoms with E-state index < -0.39 is 0 Å². The van der Waals surface area contributed by atoms with Crippen LogP contribution >= 0.6 is 0 Å². The van der Waals surface area contributed by atoms with E-state index in [1.165, 1.54) is 0 Å². The molecule has 26 heavy (non-hydrogen) atoms. The molecule has 0 aromatic heterocycles. The summed E-state index contributed by atoms with van der Waals surface area (Å²) in [5.41, 5.74) is 2.30. The molecular weight excluding hydrogens is 330 g/mol. The van der Waals surface area contributed by atoms with Crippen LogP contribution in [0.25, 0.3) is 0 Å². The molecule has 6 heteroatoms. The number of nitrogens with zero attached hydrogens (tertiary/aromatic N) is 2. The minimum Gasteiger partial charge on any atom is -0.482 e. The fourth-order valence-corrected chi connectivity index (χ4v) is 2.81. The first kappa shape index (κ1) is 17.9. The molecule has 0 saturated carbocycles. The maximum atomic E-state index is 12.3. The second-order valence-electron chi connectivity index (χ2n) is 6.53. The molecule has 1 N–H and O–H groups in total. The monoisotopic (exact) mass is 353 g/mol. The van der Waals surface area contributed by atoms with E-state index in [1.54, 1.807) is 23.1 Å². The van der Waals surface area contributed by atoms with Crippen LogP contribution in [0.2, 0.25) is 0 Å². The molecule has 136 valence electrons. The van der Waals surface area contributed by atoms with Gasteiger partial charge in [-0.05, 0) is 37.9 Å². The van der Waals surface area contributed by atoms with E-state index in [4.69, 9.17) is 4.74 Å². The van der Waals surface area contributed by atoms with Gasteiger partial charge in [0.1, 0.15) is 5.75 Å². The molecule has 1 aliphatic rings. The molecular formula is C20H23N3O3. The van der Waals surface area contributed by atoms with E-state index in [9.17, 15) is 9.59 Å². The molecule has 0 radical (unpaired) electrons. The van der Waals surface area contributed by atoms with Crippen LogP contribution in [0.4, 0.5) is 11.4 Å². The molecule has 0 fully saturated rings. The first-order valence-corrected chi connectivity index (χ1v) is 8.58. The first-order chi connectivity index (χ1) is 12.5. The summed E-state index contributed by atoms with van der Waals surface area (Å²) in [4.78, 5) is 28.3. The van der Waals surface area contributed by atoms with Crippen LogP contribution in [-0.4, -0.2) is 50.5 Å². The summed E-state index contributed by atoms with van der Waals surface area (Å²) in [6.07, 6.45) is 0.303. The second kappa shape index (κ2) is 8.01. The Labute approximate surface area is 153 Å². The molecule has 2 aromatic carbocycles. The fourth-order valence-electron chi connectivity index (χ4n) is 2.81. The Kier molecular flexibility index (Phi) is 5.53. The van der Waals surface area contributed by atoms with Crippen molar-refractivity contribution in [3.05, 3.63) is 54.1 Å². The van der Waals surface area contributed by atoms with Gasteiger partial charge >= 0.3 is 0 Å². The van der Waals surface area contributed by atoms with Crippen molar-refractivity contribution in [3.63, 3.8) is 0 Å². The van der Waals surface area contributed by atoms with Gasteiger partial charge in [-0.1, -0.05) is 30.3 Å². The van der Waals surface area contributed by atoms with Crippen molar-refractivity contribution in [2.24, 2.45) is 0 Å². The van der Waals surface area contributed by atoms with E-state index in [2.05, 4.69) is 5.32 Å². The highest BCUT2D eigenvalue weighted by molar-refractivity contribution is 5.99. The summed E-state index contributed by atoms with van der Waals surface area (Å²) in [7, 11) is 3.93. The summed E-state index contributed by atoms with van der Waals surface area (Å²) in [5, 5.41) is 2.90. The number of nitrogens with one attached hydrogen (secondary N) is 1. The van der Waals surface area contributed by atoms with Crippen LogP contribution < -0.4 is 15.0 Å². The highest BCUT2D eigenvalue weighted by Crippen LogP contribution is 2.34. The Morgan fingerprint density at radius 3 is 2.69 bits per heavy atom. The number of fused-ring (bicyclic) bond motifs is 1. The van der Waals surface area contributed by atoms with Crippen molar-refractivity contribution in [2.45, 2.75) is 6.42 Å². The SMILES string of the molecule is CN(C)CCN1C(=O)COc2ccc(NC(=O)Cc3ccccc3)cc21.